The second-order valence-corrected chi connectivity index (χ2v) is 3.78. The van der Waals surface area contributed by atoms with Crippen LogP contribution in [0.3, 0.4) is 0 Å². The van der Waals surface area contributed by atoms with E-state index in [1.165, 1.54) is 0 Å². The predicted molar refractivity (Wildman–Crippen MR) is 64.3 cm³/mol. The van der Waals surface area contributed by atoms with Gasteiger partial charge in [0.25, 0.3) is 0 Å². The molecule has 0 bridgehead atoms. The van der Waals surface area contributed by atoms with Crippen molar-refractivity contribution in [2.24, 2.45) is 0 Å². The lowest BCUT2D eigenvalue weighted by atomic mass is 9.94. The van der Waals surface area contributed by atoms with E-state index >= 15 is 0 Å². The molecule has 16 heavy (non-hydrogen) atoms. The van der Waals surface area contributed by atoms with Crippen molar-refractivity contribution < 1.29 is 14.6 Å². The fraction of sp³-hybridized carbons (Fsp3) is 0.538. The largest absolute Gasteiger partial charge is 0.497 e. The quantitative estimate of drug-likeness (QED) is 0.807. The smallest absolute Gasteiger partial charge is 0.126 e. The van der Waals surface area contributed by atoms with Crippen molar-refractivity contribution in [1.29, 1.82) is 0 Å². The van der Waals surface area contributed by atoms with Gasteiger partial charge in [-0.05, 0) is 18.1 Å². The van der Waals surface area contributed by atoms with Crippen LogP contribution in [-0.4, -0.2) is 25.9 Å². The van der Waals surface area contributed by atoms with Crippen molar-refractivity contribution in [3.05, 3.63) is 23.8 Å². The van der Waals surface area contributed by atoms with Gasteiger partial charge >= 0.3 is 0 Å². The Hall–Kier alpha value is -1.22. The summed E-state index contributed by atoms with van der Waals surface area (Å²) in [7, 11) is 3.27. The summed E-state index contributed by atoms with van der Waals surface area (Å²) in [6, 6.07) is 5.72. The van der Waals surface area contributed by atoms with Crippen LogP contribution >= 0.6 is 0 Å². The number of benzene rings is 1. The van der Waals surface area contributed by atoms with Crippen LogP contribution in [0.2, 0.25) is 0 Å². The molecule has 0 fully saturated rings. The van der Waals surface area contributed by atoms with E-state index < -0.39 is 0 Å². The number of hydrogen-bond acceptors (Lipinski definition) is 3. The molecule has 1 N–H and O–H groups in total. The highest BCUT2D eigenvalue weighted by Gasteiger charge is 2.15. The van der Waals surface area contributed by atoms with Gasteiger partial charge in [0.2, 0.25) is 0 Å². The number of ether oxygens (including phenoxy) is 2. The Kier molecular flexibility index (Phi) is 5.12. The van der Waals surface area contributed by atoms with Crippen molar-refractivity contribution in [2.75, 3.05) is 20.8 Å². The fourth-order valence-corrected chi connectivity index (χ4v) is 1.85. The lowest BCUT2D eigenvalue weighted by Gasteiger charge is -2.17. The van der Waals surface area contributed by atoms with E-state index in [-0.39, 0.29) is 12.5 Å². The van der Waals surface area contributed by atoms with Gasteiger partial charge in [-0.25, -0.2) is 0 Å². The third kappa shape index (κ3) is 2.89. The van der Waals surface area contributed by atoms with E-state index in [1.807, 2.05) is 18.2 Å². The SMILES string of the molecule is CCCC(CO)c1ccc(OC)cc1OC. The van der Waals surface area contributed by atoms with Crippen LogP contribution < -0.4 is 9.47 Å². The summed E-state index contributed by atoms with van der Waals surface area (Å²) < 4.78 is 10.5. The normalized spacial score (nSPS) is 12.2. The number of aliphatic hydroxyl groups excluding tert-OH is 1. The minimum Gasteiger partial charge on any atom is -0.497 e. The first-order chi connectivity index (χ1) is 7.76. The molecule has 0 aliphatic carbocycles. The van der Waals surface area contributed by atoms with Gasteiger partial charge in [-0.3, -0.25) is 0 Å². The van der Waals surface area contributed by atoms with Gasteiger partial charge in [-0.2, -0.15) is 0 Å². The van der Waals surface area contributed by atoms with E-state index in [0.29, 0.717) is 0 Å². The lowest BCUT2D eigenvalue weighted by molar-refractivity contribution is 0.255. The molecule has 1 atom stereocenters. The van der Waals surface area contributed by atoms with Gasteiger partial charge in [0, 0.05) is 12.0 Å². The van der Waals surface area contributed by atoms with Crippen molar-refractivity contribution in [3.63, 3.8) is 0 Å². The molecule has 3 heteroatoms. The van der Waals surface area contributed by atoms with Crippen LogP contribution in [0.25, 0.3) is 0 Å². The van der Waals surface area contributed by atoms with Gasteiger partial charge in [-0.1, -0.05) is 19.4 Å². The monoisotopic (exact) mass is 224 g/mol. The van der Waals surface area contributed by atoms with Crippen LogP contribution in [-0.2, 0) is 0 Å². The molecule has 0 heterocycles. The Morgan fingerprint density at radius 3 is 2.50 bits per heavy atom. The number of methoxy groups -OCH3 is 2. The maximum Gasteiger partial charge on any atom is 0.126 e. The highest BCUT2D eigenvalue weighted by Crippen LogP contribution is 2.32. The Bertz CT molecular complexity index is 323. The Labute approximate surface area is 97.0 Å². The molecule has 0 radical (unpaired) electrons. The van der Waals surface area contributed by atoms with Crippen molar-refractivity contribution in [1.82, 2.24) is 0 Å². The van der Waals surface area contributed by atoms with Crippen molar-refractivity contribution in [2.45, 2.75) is 25.7 Å². The average Bonchev–Trinajstić information content (AvgIpc) is 2.35. The molecule has 0 spiro atoms. The summed E-state index contributed by atoms with van der Waals surface area (Å²) in [5.41, 5.74) is 1.05. The predicted octanol–water partition coefficient (Wildman–Crippen LogP) is 2.58. The van der Waals surface area contributed by atoms with Gasteiger partial charge in [0.15, 0.2) is 0 Å². The molecule has 0 saturated carbocycles. The molecule has 0 aliphatic heterocycles. The zero-order valence-corrected chi connectivity index (χ0v) is 10.2. The second kappa shape index (κ2) is 6.38. The molecule has 90 valence electrons. The minimum atomic E-state index is 0.144. The molecular formula is C13H20O3. The summed E-state index contributed by atoms with van der Waals surface area (Å²) in [4.78, 5) is 0. The van der Waals surface area contributed by atoms with E-state index in [9.17, 15) is 5.11 Å². The first-order valence-corrected chi connectivity index (χ1v) is 5.59. The van der Waals surface area contributed by atoms with Gasteiger partial charge in [0.05, 0.1) is 20.8 Å². The molecular weight excluding hydrogens is 204 g/mol. The summed E-state index contributed by atoms with van der Waals surface area (Å²) in [5.74, 6) is 1.70. The van der Waals surface area contributed by atoms with Crippen LogP contribution in [0.5, 0.6) is 11.5 Å². The molecule has 0 aromatic heterocycles. The third-order valence-corrected chi connectivity index (χ3v) is 2.74. The van der Waals surface area contributed by atoms with E-state index in [1.54, 1.807) is 14.2 Å². The number of rotatable bonds is 6. The zero-order chi connectivity index (χ0) is 12.0. The molecule has 0 saturated heterocycles. The molecule has 1 aromatic carbocycles. The van der Waals surface area contributed by atoms with E-state index in [4.69, 9.17) is 9.47 Å². The van der Waals surface area contributed by atoms with Crippen LogP contribution in [0.1, 0.15) is 31.2 Å². The number of hydrogen-bond donors (Lipinski definition) is 1. The van der Waals surface area contributed by atoms with Gasteiger partial charge in [-0.15, -0.1) is 0 Å². The average molecular weight is 224 g/mol. The summed E-state index contributed by atoms with van der Waals surface area (Å²) in [6.45, 7) is 2.26. The fourth-order valence-electron chi connectivity index (χ4n) is 1.85. The van der Waals surface area contributed by atoms with Crippen molar-refractivity contribution in [3.8, 4) is 11.5 Å². The van der Waals surface area contributed by atoms with Crippen LogP contribution in [0.15, 0.2) is 18.2 Å². The molecule has 3 nitrogen and oxygen atoms in total. The summed E-state index contributed by atoms with van der Waals surface area (Å²) >= 11 is 0. The Morgan fingerprint density at radius 2 is 2.00 bits per heavy atom. The van der Waals surface area contributed by atoms with Crippen molar-refractivity contribution >= 4 is 0 Å². The molecule has 1 aromatic rings. The maximum atomic E-state index is 9.37. The summed E-state index contributed by atoms with van der Waals surface area (Å²) in [5, 5.41) is 9.37. The molecule has 0 aliphatic rings. The van der Waals surface area contributed by atoms with Crippen LogP contribution in [0, 0.1) is 0 Å². The Balaban J connectivity index is 3.01. The third-order valence-electron chi connectivity index (χ3n) is 2.74. The lowest BCUT2D eigenvalue weighted by Crippen LogP contribution is -2.06. The standard InChI is InChI=1S/C13H20O3/c1-4-5-10(9-14)12-7-6-11(15-2)8-13(12)16-3/h6-8,10,14H,4-5,9H2,1-3H3. The van der Waals surface area contributed by atoms with E-state index in [2.05, 4.69) is 6.92 Å². The highest BCUT2D eigenvalue weighted by molar-refractivity contribution is 5.42. The van der Waals surface area contributed by atoms with Crippen LogP contribution in [0.4, 0.5) is 0 Å². The molecule has 1 rings (SSSR count). The Morgan fingerprint density at radius 1 is 1.25 bits per heavy atom. The highest BCUT2D eigenvalue weighted by atomic mass is 16.5. The topological polar surface area (TPSA) is 38.7 Å². The van der Waals surface area contributed by atoms with E-state index in [0.717, 1.165) is 29.9 Å². The second-order valence-electron chi connectivity index (χ2n) is 3.78. The zero-order valence-electron chi connectivity index (χ0n) is 10.2. The molecule has 1 unspecified atom stereocenters. The minimum absolute atomic E-state index is 0.144. The first kappa shape index (κ1) is 12.8. The molecule has 0 amide bonds. The summed E-state index contributed by atoms with van der Waals surface area (Å²) in [6.07, 6.45) is 2.00. The van der Waals surface area contributed by atoms with Gasteiger partial charge in [0.1, 0.15) is 11.5 Å². The first-order valence-electron chi connectivity index (χ1n) is 5.59. The number of aliphatic hydroxyl groups is 1. The maximum absolute atomic E-state index is 9.37. The van der Waals surface area contributed by atoms with Gasteiger partial charge < -0.3 is 14.6 Å².